The first-order valence-electron chi connectivity index (χ1n) is 7.35. The molecule has 1 aromatic carbocycles. The number of urea groups is 1. The maximum atomic E-state index is 11.8. The molecule has 0 bridgehead atoms. The van der Waals surface area contributed by atoms with E-state index in [9.17, 15) is 4.79 Å². The zero-order chi connectivity index (χ0) is 15.7. The molecule has 0 fully saturated rings. The monoisotopic (exact) mass is 294 g/mol. The fourth-order valence-electron chi connectivity index (χ4n) is 2.15. The van der Waals surface area contributed by atoms with Crippen molar-refractivity contribution in [1.82, 2.24) is 10.6 Å². The number of methoxy groups -OCH3 is 1. The van der Waals surface area contributed by atoms with E-state index in [-0.39, 0.29) is 24.6 Å². The van der Waals surface area contributed by atoms with Gasteiger partial charge in [-0.3, -0.25) is 0 Å². The highest BCUT2D eigenvalue weighted by molar-refractivity contribution is 5.74. The molecule has 0 aliphatic heterocycles. The summed E-state index contributed by atoms with van der Waals surface area (Å²) in [5.41, 5.74) is 1.07. The number of rotatable bonds is 8. The molecular weight excluding hydrogens is 268 g/mol. The van der Waals surface area contributed by atoms with E-state index in [0.29, 0.717) is 19.4 Å². The molecule has 0 spiro atoms. The Morgan fingerprint density at radius 1 is 1.33 bits per heavy atom. The maximum absolute atomic E-state index is 11.8. The second kappa shape index (κ2) is 9.23. The Hall–Kier alpha value is -1.75. The van der Waals surface area contributed by atoms with Crippen molar-refractivity contribution in [1.29, 1.82) is 0 Å². The number of nitrogens with one attached hydrogen (secondary N) is 2. The van der Waals surface area contributed by atoms with Gasteiger partial charge in [0.25, 0.3) is 0 Å². The smallest absolute Gasteiger partial charge is 0.315 e. The van der Waals surface area contributed by atoms with E-state index in [1.165, 1.54) is 0 Å². The molecule has 0 aliphatic rings. The first-order valence-corrected chi connectivity index (χ1v) is 7.35. The van der Waals surface area contributed by atoms with Crippen molar-refractivity contribution >= 4 is 6.03 Å². The van der Waals surface area contributed by atoms with Gasteiger partial charge in [-0.2, -0.15) is 0 Å². The average molecular weight is 294 g/mol. The zero-order valence-electron chi connectivity index (χ0n) is 13.1. The molecule has 0 heterocycles. The van der Waals surface area contributed by atoms with E-state index in [0.717, 1.165) is 11.3 Å². The molecule has 2 amide bonds. The zero-order valence-corrected chi connectivity index (χ0v) is 13.1. The standard InChI is InChI=1S/C16H26N2O3/c1-12(2)14(9-11-19)18-16(20)17-10-8-13-6-4-5-7-15(13)21-3/h4-7,12,14,19H,8-11H2,1-3H3,(H2,17,18,20). The van der Waals surface area contributed by atoms with Crippen LogP contribution in [0.4, 0.5) is 4.79 Å². The molecular formula is C16H26N2O3. The molecule has 1 aromatic rings. The third-order valence-corrected chi connectivity index (χ3v) is 3.43. The summed E-state index contributed by atoms with van der Waals surface area (Å²) >= 11 is 0. The summed E-state index contributed by atoms with van der Waals surface area (Å²) in [5, 5.41) is 14.7. The summed E-state index contributed by atoms with van der Waals surface area (Å²) in [6, 6.07) is 7.56. The maximum Gasteiger partial charge on any atom is 0.315 e. The van der Waals surface area contributed by atoms with Crippen LogP contribution < -0.4 is 15.4 Å². The molecule has 0 aromatic heterocycles. The van der Waals surface area contributed by atoms with E-state index >= 15 is 0 Å². The highest BCUT2D eigenvalue weighted by Gasteiger charge is 2.15. The number of amides is 2. The van der Waals surface area contributed by atoms with Crippen LogP contribution in [-0.4, -0.2) is 37.4 Å². The topological polar surface area (TPSA) is 70.6 Å². The highest BCUT2D eigenvalue weighted by Crippen LogP contribution is 2.17. The minimum Gasteiger partial charge on any atom is -0.496 e. The quantitative estimate of drug-likeness (QED) is 0.686. The second-order valence-corrected chi connectivity index (χ2v) is 5.32. The number of hydrogen-bond acceptors (Lipinski definition) is 3. The van der Waals surface area contributed by atoms with Gasteiger partial charge in [-0.05, 0) is 30.4 Å². The van der Waals surface area contributed by atoms with Crippen LogP contribution in [0, 0.1) is 5.92 Å². The Bertz CT molecular complexity index is 435. The average Bonchev–Trinajstić information content (AvgIpc) is 2.47. The van der Waals surface area contributed by atoms with Crippen molar-refractivity contribution < 1.29 is 14.6 Å². The lowest BCUT2D eigenvalue weighted by Gasteiger charge is -2.21. The van der Waals surface area contributed by atoms with Crippen molar-refractivity contribution in [2.45, 2.75) is 32.7 Å². The van der Waals surface area contributed by atoms with Crippen LogP contribution in [0.15, 0.2) is 24.3 Å². The Labute approximate surface area is 126 Å². The Morgan fingerprint density at radius 2 is 2.05 bits per heavy atom. The molecule has 118 valence electrons. The van der Waals surface area contributed by atoms with Crippen molar-refractivity contribution in [2.75, 3.05) is 20.3 Å². The summed E-state index contributed by atoms with van der Waals surface area (Å²) < 4.78 is 5.27. The largest absolute Gasteiger partial charge is 0.496 e. The Morgan fingerprint density at radius 3 is 2.67 bits per heavy atom. The van der Waals surface area contributed by atoms with Gasteiger partial charge in [0, 0.05) is 19.2 Å². The van der Waals surface area contributed by atoms with Gasteiger partial charge in [0.05, 0.1) is 7.11 Å². The molecule has 5 heteroatoms. The van der Waals surface area contributed by atoms with Gasteiger partial charge in [-0.15, -0.1) is 0 Å². The summed E-state index contributed by atoms with van der Waals surface area (Å²) in [4.78, 5) is 11.8. The predicted octanol–water partition coefficient (Wildman–Crippen LogP) is 1.94. The molecule has 0 saturated heterocycles. The number of aliphatic hydroxyl groups excluding tert-OH is 1. The van der Waals surface area contributed by atoms with Crippen LogP contribution in [0.5, 0.6) is 5.75 Å². The van der Waals surface area contributed by atoms with Crippen molar-refractivity contribution in [3.8, 4) is 5.75 Å². The van der Waals surface area contributed by atoms with Crippen LogP contribution in [0.25, 0.3) is 0 Å². The normalized spacial score (nSPS) is 12.0. The second-order valence-electron chi connectivity index (χ2n) is 5.32. The van der Waals surface area contributed by atoms with Crippen molar-refractivity contribution in [2.24, 2.45) is 5.92 Å². The molecule has 0 saturated carbocycles. The van der Waals surface area contributed by atoms with E-state index in [1.54, 1.807) is 7.11 Å². The van der Waals surface area contributed by atoms with Gasteiger partial charge in [-0.25, -0.2) is 4.79 Å². The summed E-state index contributed by atoms with van der Waals surface area (Å²) in [5.74, 6) is 1.12. The van der Waals surface area contributed by atoms with Gasteiger partial charge in [-0.1, -0.05) is 32.0 Å². The third kappa shape index (κ3) is 6.04. The molecule has 3 N–H and O–H groups in total. The summed E-state index contributed by atoms with van der Waals surface area (Å²) in [7, 11) is 1.64. The number of hydrogen-bond donors (Lipinski definition) is 3. The molecule has 0 aliphatic carbocycles. The van der Waals surface area contributed by atoms with Crippen molar-refractivity contribution in [3.05, 3.63) is 29.8 Å². The van der Waals surface area contributed by atoms with Crippen LogP contribution in [0.2, 0.25) is 0 Å². The van der Waals surface area contributed by atoms with Crippen LogP contribution in [0.3, 0.4) is 0 Å². The highest BCUT2D eigenvalue weighted by atomic mass is 16.5. The van der Waals surface area contributed by atoms with E-state index in [2.05, 4.69) is 10.6 Å². The molecule has 1 rings (SSSR count). The lowest BCUT2D eigenvalue weighted by atomic mass is 10.0. The lowest BCUT2D eigenvalue weighted by molar-refractivity contribution is 0.219. The van der Waals surface area contributed by atoms with Gasteiger partial charge in [0.1, 0.15) is 5.75 Å². The van der Waals surface area contributed by atoms with Gasteiger partial charge in [0.15, 0.2) is 0 Å². The van der Waals surface area contributed by atoms with Crippen LogP contribution in [-0.2, 0) is 6.42 Å². The minimum absolute atomic E-state index is 0.0127. The SMILES string of the molecule is COc1ccccc1CCNC(=O)NC(CCO)C(C)C. The molecule has 5 nitrogen and oxygen atoms in total. The van der Waals surface area contributed by atoms with Gasteiger partial charge >= 0.3 is 6.03 Å². The molecule has 0 radical (unpaired) electrons. The molecule has 1 atom stereocenters. The Balaban J connectivity index is 2.39. The first kappa shape index (κ1) is 17.3. The lowest BCUT2D eigenvalue weighted by Crippen LogP contribution is -2.45. The fourth-order valence-corrected chi connectivity index (χ4v) is 2.15. The van der Waals surface area contributed by atoms with Gasteiger partial charge < -0.3 is 20.5 Å². The fraction of sp³-hybridized carbons (Fsp3) is 0.562. The number of benzene rings is 1. The molecule has 1 unspecified atom stereocenters. The number of aliphatic hydroxyl groups is 1. The number of carbonyl (C=O) groups excluding carboxylic acids is 1. The number of ether oxygens (including phenoxy) is 1. The van der Waals surface area contributed by atoms with Crippen molar-refractivity contribution in [3.63, 3.8) is 0 Å². The summed E-state index contributed by atoms with van der Waals surface area (Å²) in [6.45, 7) is 4.66. The summed E-state index contributed by atoms with van der Waals surface area (Å²) in [6.07, 6.45) is 1.28. The number of para-hydroxylation sites is 1. The van der Waals surface area contributed by atoms with Crippen LogP contribution >= 0.6 is 0 Å². The van der Waals surface area contributed by atoms with E-state index < -0.39 is 0 Å². The van der Waals surface area contributed by atoms with Crippen LogP contribution in [0.1, 0.15) is 25.8 Å². The van der Waals surface area contributed by atoms with Gasteiger partial charge in [0.2, 0.25) is 0 Å². The molecule has 21 heavy (non-hydrogen) atoms. The Kier molecular flexibility index (Phi) is 7.61. The number of carbonyl (C=O) groups is 1. The van der Waals surface area contributed by atoms with E-state index in [4.69, 9.17) is 9.84 Å². The third-order valence-electron chi connectivity index (χ3n) is 3.43. The van der Waals surface area contributed by atoms with E-state index in [1.807, 2.05) is 38.1 Å². The predicted molar refractivity (Wildman–Crippen MR) is 83.6 cm³/mol. The minimum atomic E-state index is -0.197. The first-order chi connectivity index (χ1) is 10.1.